The monoisotopic (exact) mass is 686 g/mol. The Balaban J connectivity index is 1.36. The highest BCUT2D eigenvalue weighted by Gasteiger charge is 2.22. The summed E-state index contributed by atoms with van der Waals surface area (Å²) in [7, 11) is 0. The molecular weight excluding hydrogens is 657 g/mol. The maximum absolute atomic E-state index is 10.1. The summed E-state index contributed by atoms with van der Waals surface area (Å²) >= 11 is 0. The zero-order chi connectivity index (χ0) is 36.2. The molecule has 2 heterocycles. The lowest BCUT2D eigenvalue weighted by Gasteiger charge is -2.17. The smallest absolute Gasteiger partial charge is 0.0992 e. The second-order valence-corrected chi connectivity index (χ2v) is 13.6. The van der Waals surface area contributed by atoms with Crippen molar-refractivity contribution in [3.63, 3.8) is 0 Å². The van der Waals surface area contributed by atoms with E-state index in [-0.39, 0.29) is 0 Å². The van der Waals surface area contributed by atoms with Gasteiger partial charge in [-0.3, -0.25) is 0 Å². The predicted octanol–water partition coefficient (Wildman–Crippen LogP) is 12.6. The third-order valence-electron chi connectivity index (χ3n) is 10.5. The van der Waals surface area contributed by atoms with E-state index in [4.69, 9.17) is 0 Å². The minimum absolute atomic E-state index is 0.448. The number of hydrogen-bond acceptors (Lipinski definition) is 2. The zero-order valence-electron chi connectivity index (χ0n) is 29.1. The summed E-state index contributed by atoms with van der Waals surface area (Å²) in [6.45, 7) is 0. The Morgan fingerprint density at radius 1 is 0.333 bits per heavy atom. The first-order chi connectivity index (χ1) is 26.7. The molecule has 0 bridgehead atoms. The minimum Gasteiger partial charge on any atom is -0.309 e. The summed E-state index contributed by atoms with van der Waals surface area (Å²) in [5.41, 5.74) is 13.6. The van der Waals surface area contributed by atoms with Gasteiger partial charge in [0.2, 0.25) is 0 Å². The molecule has 0 N–H and O–H groups in total. The van der Waals surface area contributed by atoms with E-state index in [1.807, 2.05) is 30.3 Å². The SMILES string of the molecule is N#Cc1cc(C#N)cc(-c2cc3c4ccccc4n(-c4ccccc4)c3cc2-n2c3ccc(-c4ccccc4)cc3c3cc(-c4ccccc4)ccc32)c1. The van der Waals surface area contributed by atoms with Crippen LogP contribution < -0.4 is 0 Å². The summed E-state index contributed by atoms with van der Waals surface area (Å²) in [5.74, 6) is 0. The van der Waals surface area contributed by atoms with Crippen LogP contribution in [0.1, 0.15) is 11.1 Å². The van der Waals surface area contributed by atoms with Crippen molar-refractivity contribution in [1.82, 2.24) is 9.13 Å². The van der Waals surface area contributed by atoms with Gasteiger partial charge in [0.1, 0.15) is 0 Å². The highest BCUT2D eigenvalue weighted by atomic mass is 15.0. The Morgan fingerprint density at radius 3 is 1.41 bits per heavy atom. The molecule has 4 nitrogen and oxygen atoms in total. The second kappa shape index (κ2) is 12.5. The number of hydrogen-bond donors (Lipinski definition) is 0. The Hall–Kier alpha value is -7.66. The van der Waals surface area contributed by atoms with Crippen LogP contribution in [0.15, 0.2) is 182 Å². The number of rotatable bonds is 5. The van der Waals surface area contributed by atoms with Crippen molar-refractivity contribution in [2.45, 2.75) is 0 Å². The van der Waals surface area contributed by atoms with Crippen molar-refractivity contribution in [2.24, 2.45) is 0 Å². The number of fused-ring (bicyclic) bond motifs is 6. The molecule has 0 spiro atoms. The van der Waals surface area contributed by atoms with Gasteiger partial charge in [-0.25, -0.2) is 0 Å². The van der Waals surface area contributed by atoms with Crippen LogP contribution in [0.4, 0.5) is 0 Å². The van der Waals surface area contributed by atoms with Gasteiger partial charge in [-0.2, -0.15) is 10.5 Å². The first-order valence-electron chi connectivity index (χ1n) is 18.0. The van der Waals surface area contributed by atoms with Crippen LogP contribution in [-0.2, 0) is 0 Å². The molecule has 0 aliphatic heterocycles. The topological polar surface area (TPSA) is 57.4 Å². The van der Waals surface area contributed by atoms with Crippen LogP contribution in [0, 0.1) is 22.7 Å². The average molecular weight is 687 g/mol. The van der Waals surface area contributed by atoms with Gasteiger partial charge in [0.25, 0.3) is 0 Å². The number of para-hydroxylation sites is 2. The molecular formula is C50H30N4. The molecule has 4 heteroatoms. The first-order valence-corrected chi connectivity index (χ1v) is 18.0. The van der Waals surface area contributed by atoms with Gasteiger partial charge < -0.3 is 9.13 Å². The van der Waals surface area contributed by atoms with Crippen molar-refractivity contribution in [2.75, 3.05) is 0 Å². The maximum atomic E-state index is 10.1. The quantitative estimate of drug-likeness (QED) is 0.181. The van der Waals surface area contributed by atoms with Gasteiger partial charge in [0, 0.05) is 32.8 Å². The van der Waals surface area contributed by atoms with E-state index in [2.05, 4.69) is 167 Å². The van der Waals surface area contributed by atoms with Gasteiger partial charge in [-0.15, -0.1) is 0 Å². The molecule has 0 atom stereocenters. The van der Waals surface area contributed by atoms with E-state index in [0.29, 0.717) is 11.1 Å². The molecule has 10 rings (SSSR count). The molecule has 10 aromatic rings. The van der Waals surface area contributed by atoms with Crippen molar-refractivity contribution >= 4 is 43.6 Å². The van der Waals surface area contributed by atoms with Gasteiger partial charge in [0.15, 0.2) is 0 Å². The molecule has 0 aliphatic carbocycles. The molecule has 0 amide bonds. The van der Waals surface area contributed by atoms with Crippen LogP contribution in [-0.4, -0.2) is 9.13 Å². The zero-order valence-corrected chi connectivity index (χ0v) is 29.1. The number of benzene rings is 8. The second-order valence-electron chi connectivity index (χ2n) is 13.6. The van der Waals surface area contributed by atoms with Gasteiger partial charge >= 0.3 is 0 Å². The van der Waals surface area contributed by atoms with Crippen molar-refractivity contribution < 1.29 is 0 Å². The fourth-order valence-electron chi connectivity index (χ4n) is 8.09. The average Bonchev–Trinajstić information content (AvgIpc) is 3.75. The Morgan fingerprint density at radius 2 is 0.833 bits per heavy atom. The summed E-state index contributed by atoms with van der Waals surface area (Å²) < 4.78 is 4.69. The number of nitrogens with zero attached hydrogens (tertiary/aromatic N) is 4. The molecule has 0 unspecified atom stereocenters. The molecule has 0 radical (unpaired) electrons. The molecule has 0 aliphatic rings. The summed E-state index contributed by atoms with van der Waals surface area (Å²) in [6, 6.07) is 68.1. The maximum Gasteiger partial charge on any atom is 0.0992 e. The summed E-state index contributed by atoms with van der Waals surface area (Å²) in [5, 5.41) is 24.7. The first kappa shape index (κ1) is 31.1. The Kier molecular flexibility index (Phi) is 7.22. The minimum atomic E-state index is 0.448. The molecule has 8 aromatic carbocycles. The van der Waals surface area contributed by atoms with Gasteiger partial charge in [0.05, 0.1) is 51.0 Å². The van der Waals surface area contributed by atoms with E-state index >= 15 is 0 Å². The number of nitriles is 2. The third kappa shape index (κ3) is 4.98. The van der Waals surface area contributed by atoms with E-state index in [1.54, 1.807) is 6.07 Å². The lowest BCUT2D eigenvalue weighted by atomic mass is 9.96. The normalized spacial score (nSPS) is 11.3. The van der Waals surface area contributed by atoms with Crippen molar-refractivity contribution in [3.05, 3.63) is 193 Å². The van der Waals surface area contributed by atoms with Crippen LogP contribution >= 0.6 is 0 Å². The third-order valence-corrected chi connectivity index (χ3v) is 10.5. The van der Waals surface area contributed by atoms with E-state index in [0.717, 1.165) is 88.4 Å². The molecule has 2 aromatic heterocycles. The lowest BCUT2D eigenvalue weighted by Crippen LogP contribution is -2.00. The highest BCUT2D eigenvalue weighted by molar-refractivity contribution is 6.15. The standard InChI is InChI=1S/C50H30N4/c51-31-33-24-34(32-52)26-39(25-33)42-29-45-41-18-10-11-19-46(41)53(40-16-8-3-9-17-40)50(45)30-49(42)54-47-22-20-37(35-12-4-1-5-13-35)27-43(47)44-28-38(21-23-48(44)54)36-14-6-2-7-15-36/h1-30H. The van der Waals surface area contributed by atoms with Crippen LogP contribution in [0.5, 0.6) is 0 Å². The Labute approximate surface area is 312 Å². The van der Waals surface area contributed by atoms with E-state index in [1.165, 1.54) is 0 Å². The molecule has 54 heavy (non-hydrogen) atoms. The van der Waals surface area contributed by atoms with Crippen LogP contribution in [0.3, 0.4) is 0 Å². The van der Waals surface area contributed by atoms with Crippen molar-refractivity contribution in [3.8, 4) is 56.9 Å². The van der Waals surface area contributed by atoms with E-state index < -0.39 is 0 Å². The molecule has 250 valence electrons. The fraction of sp³-hybridized carbons (Fsp3) is 0. The lowest BCUT2D eigenvalue weighted by molar-refractivity contribution is 1.16. The summed E-state index contributed by atoms with van der Waals surface area (Å²) in [4.78, 5) is 0. The number of aromatic nitrogens is 2. The Bertz CT molecular complexity index is 3030. The van der Waals surface area contributed by atoms with Crippen molar-refractivity contribution in [1.29, 1.82) is 10.5 Å². The molecule has 0 saturated heterocycles. The van der Waals surface area contributed by atoms with Crippen LogP contribution in [0.2, 0.25) is 0 Å². The molecule has 0 fully saturated rings. The highest BCUT2D eigenvalue weighted by Crippen LogP contribution is 2.43. The fourth-order valence-corrected chi connectivity index (χ4v) is 8.09. The molecule has 0 saturated carbocycles. The van der Waals surface area contributed by atoms with Crippen LogP contribution in [0.25, 0.3) is 88.4 Å². The van der Waals surface area contributed by atoms with E-state index in [9.17, 15) is 10.5 Å². The predicted molar refractivity (Wildman–Crippen MR) is 221 cm³/mol. The van der Waals surface area contributed by atoms with Gasteiger partial charge in [-0.05, 0) is 101 Å². The van der Waals surface area contributed by atoms with Gasteiger partial charge in [-0.1, -0.05) is 109 Å². The largest absolute Gasteiger partial charge is 0.309 e. The summed E-state index contributed by atoms with van der Waals surface area (Å²) in [6.07, 6.45) is 0.